The molecule has 116 valence electrons. The third kappa shape index (κ3) is 4.03. The minimum absolute atomic E-state index is 0.0994. The summed E-state index contributed by atoms with van der Waals surface area (Å²) >= 11 is 6.22. The Bertz CT molecular complexity index is 482. The Hall–Kier alpha value is -1.42. The van der Waals surface area contributed by atoms with E-state index in [1.165, 1.54) is 19.3 Å². The van der Waals surface area contributed by atoms with Crippen LogP contribution in [0.3, 0.4) is 0 Å². The molecule has 4 nitrogen and oxygen atoms in total. The third-order valence-corrected chi connectivity index (χ3v) is 4.29. The average molecular weight is 310 g/mol. The fraction of sp³-hybridized carbons (Fsp3) is 0.562. The van der Waals surface area contributed by atoms with E-state index in [2.05, 4.69) is 10.2 Å². The van der Waals surface area contributed by atoms with Crippen LogP contribution in [0.5, 0.6) is 0 Å². The number of carbonyl (C=O) groups is 1. The van der Waals surface area contributed by atoms with Crippen molar-refractivity contribution in [1.29, 1.82) is 0 Å². The van der Waals surface area contributed by atoms with Crippen LogP contribution in [0.4, 0.5) is 16.2 Å². The van der Waals surface area contributed by atoms with Gasteiger partial charge in [0.05, 0.1) is 10.7 Å². The summed E-state index contributed by atoms with van der Waals surface area (Å²) in [7, 11) is 0. The van der Waals surface area contributed by atoms with Crippen molar-refractivity contribution in [3.8, 4) is 0 Å². The molecular formula is C16H24ClN3O. The van der Waals surface area contributed by atoms with E-state index in [1.54, 1.807) is 4.90 Å². The fourth-order valence-electron chi connectivity index (χ4n) is 2.66. The van der Waals surface area contributed by atoms with Crippen LogP contribution in [0.2, 0.25) is 5.02 Å². The first-order valence-electron chi connectivity index (χ1n) is 7.76. The number of nitrogens with zero attached hydrogens (tertiary/aromatic N) is 2. The molecule has 2 amide bonds. The summed E-state index contributed by atoms with van der Waals surface area (Å²) in [6.07, 6.45) is 3.75. The maximum Gasteiger partial charge on any atom is 0.321 e. The molecule has 1 fully saturated rings. The number of amides is 2. The van der Waals surface area contributed by atoms with Crippen molar-refractivity contribution < 1.29 is 4.79 Å². The van der Waals surface area contributed by atoms with Gasteiger partial charge in [0.25, 0.3) is 0 Å². The molecule has 1 N–H and O–H groups in total. The molecule has 1 aromatic rings. The zero-order valence-corrected chi connectivity index (χ0v) is 13.6. The summed E-state index contributed by atoms with van der Waals surface area (Å²) in [4.78, 5) is 16.3. The van der Waals surface area contributed by atoms with E-state index in [0.717, 1.165) is 18.8 Å². The lowest BCUT2D eigenvalue weighted by atomic mass is 10.1. The van der Waals surface area contributed by atoms with Gasteiger partial charge in [-0.3, -0.25) is 0 Å². The van der Waals surface area contributed by atoms with Crippen molar-refractivity contribution in [2.75, 3.05) is 36.4 Å². The van der Waals surface area contributed by atoms with Gasteiger partial charge >= 0.3 is 6.03 Å². The largest absolute Gasteiger partial charge is 0.371 e. The fourth-order valence-corrected chi connectivity index (χ4v) is 2.83. The Labute approximate surface area is 132 Å². The highest BCUT2D eigenvalue weighted by Gasteiger charge is 2.15. The monoisotopic (exact) mass is 309 g/mol. The maximum atomic E-state index is 12.2. The number of piperidine rings is 1. The Morgan fingerprint density at radius 2 is 1.90 bits per heavy atom. The molecule has 1 saturated heterocycles. The molecule has 1 heterocycles. The number of urea groups is 1. The average Bonchev–Trinajstić information content (AvgIpc) is 2.51. The van der Waals surface area contributed by atoms with E-state index in [9.17, 15) is 4.79 Å². The van der Waals surface area contributed by atoms with Gasteiger partial charge in [-0.15, -0.1) is 0 Å². The molecule has 1 aromatic carbocycles. The highest BCUT2D eigenvalue weighted by Crippen LogP contribution is 2.29. The predicted octanol–water partition coefficient (Wildman–Crippen LogP) is 4.20. The quantitative estimate of drug-likeness (QED) is 0.904. The van der Waals surface area contributed by atoms with Gasteiger partial charge in [-0.2, -0.15) is 0 Å². The van der Waals surface area contributed by atoms with E-state index in [1.807, 2.05) is 32.0 Å². The van der Waals surface area contributed by atoms with Crippen LogP contribution in [0.1, 0.15) is 33.1 Å². The topological polar surface area (TPSA) is 35.6 Å². The molecule has 0 atom stereocenters. The lowest BCUT2D eigenvalue weighted by molar-refractivity contribution is 0.217. The summed E-state index contributed by atoms with van der Waals surface area (Å²) < 4.78 is 0. The van der Waals surface area contributed by atoms with Gasteiger partial charge in [-0.05, 0) is 51.3 Å². The van der Waals surface area contributed by atoms with Crippen LogP contribution in [-0.4, -0.2) is 37.1 Å². The molecule has 0 unspecified atom stereocenters. The zero-order chi connectivity index (χ0) is 15.2. The third-order valence-electron chi connectivity index (χ3n) is 3.96. The lowest BCUT2D eigenvalue weighted by Crippen LogP contribution is -2.34. The van der Waals surface area contributed by atoms with E-state index in [4.69, 9.17) is 11.6 Å². The van der Waals surface area contributed by atoms with Gasteiger partial charge in [0.2, 0.25) is 0 Å². The summed E-state index contributed by atoms with van der Waals surface area (Å²) in [5.74, 6) is 0. The number of rotatable bonds is 4. The smallest absolute Gasteiger partial charge is 0.321 e. The van der Waals surface area contributed by atoms with Crippen molar-refractivity contribution in [2.24, 2.45) is 0 Å². The van der Waals surface area contributed by atoms with E-state index in [0.29, 0.717) is 23.8 Å². The standard InChI is InChI=1S/C16H24ClN3O/c1-3-19(4-2)16(21)18-15-12-13(8-9-14(15)17)20-10-6-5-7-11-20/h8-9,12H,3-7,10-11H2,1-2H3,(H,18,21). The molecule has 0 bridgehead atoms. The van der Waals surface area contributed by atoms with Gasteiger partial charge in [0.15, 0.2) is 0 Å². The molecule has 21 heavy (non-hydrogen) atoms. The first kappa shape index (κ1) is 16.0. The molecule has 2 rings (SSSR count). The van der Waals surface area contributed by atoms with Gasteiger partial charge in [-0.1, -0.05) is 11.6 Å². The van der Waals surface area contributed by atoms with Gasteiger partial charge < -0.3 is 15.1 Å². The molecule has 0 aliphatic carbocycles. The number of hydrogen-bond acceptors (Lipinski definition) is 2. The van der Waals surface area contributed by atoms with Crippen LogP contribution in [0, 0.1) is 0 Å². The molecule has 1 aliphatic heterocycles. The van der Waals surface area contributed by atoms with Gasteiger partial charge in [-0.25, -0.2) is 4.79 Å². The minimum atomic E-state index is -0.0994. The summed E-state index contributed by atoms with van der Waals surface area (Å²) in [5.41, 5.74) is 1.82. The van der Waals surface area contributed by atoms with Crippen LogP contribution < -0.4 is 10.2 Å². The lowest BCUT2D eigenvalue weighted by Gasteiger charge is -2.29. The van der Waals surface area contributed by atoms with E-state index < -0.39 is 0 Å². The maximum absolute atomic E-state index is 12.2. The Morgan fingerprint density at radius 3 is 2.52 bits per heavy atom. The van der Waals surface area contributed by atoms with Crippen molar-refractivity contribution in [2.45, 2.75) is 33.1 Å². The zero-order valence-electron chi connectivity index (χ0n) is 12.9. The SMILES string of the molecule is CCN(CC)C(=O)Nc1cc(N2CCCCC2)ccc1Cl. The number of halogens is 1. The Balaban J connectivity index is 2.13. The normalized spacial score (nSPS) is 14.9. The van der Waals surface area contributed by atoms with Crippen molar-refractivity contribution in [3.05, 3.63) is 23.2 Å². The predicted molar refractivity (Wildman–Crippen MR) is 89.5 cm³/mol. The second-order valence-corrected chi connectivity index (χ2v) is 5.72. The molecule has 0 saturated carbocycles. The number of nitrogens with one attached hydrogen (secondary N) is 1. The first-order chi connectivity index (χ1) is 10.2. The number of carbonyl (C=O) groups excluding carboxylic acids is 1. The number of anilines is 2. The second-order valence-electron chi connectivity index (χ2n) is 5.31. The van der Waals surface area contributed by atoms with Crippen LogP contribution in [0.15, 0.2) is 18.2 Å². The minimum Gasteiger partial charge on any atom is -0.371 e. The van der Waals surface area contributed by atoms with Crippen molar-refractivity contribution in [3.63, 3.8) is 0 Å². The van der Waals surface area contributed by atoms with Crippen LogP contribution in [-0.2, 0) is 0 Å². The molecule has 1 aliphatic rings. The Morgan fingerprint density at radius 1 is 1.24 bits per heavy atom. The molecule has 0 aromatic heterocycles. The summed E-state index contributed by atoms with van der Waals surface area (Å²) in [6.45, 7) is 7.46. The molecule has 5 heteroatoms. The number of hydrogen-bond donors (Lipinski definition) is 1. The molecule has 0 radical (unpaired) electrons. The van der Waals surface area contributed by atoms with Gasteiger partial charge in [0.1, 0.15) is 0 Å². The Kier molecular flexibility index (Phi) is 5.74. The highest BCUT2D eigenvalue weighted by molar-refractivity contribution is 6.33. The molecule has 0 spiro atoms. The van der Waals surface area contributed by atoms with E-state index in [-0.39, 0.29) is 6.03 Å². The molecular weight excluding hydrogens is 286 g/mol. The summed E-state index contributed by atoms with van der Waals surface area (Å²) in [5, 5.41) is 3.50. The number of benzene rings is 1. The van der Waals surface area contributed by atoms with E-state index >= 15 is 0 Å². The van der Waals surface area contributed by atoms with Crippen LogP contribution >= 0.6 is 11.6 Å². The second kappa shape index (κ2) is 7.55. The highest BCUT2D eigenvalue weighted by atomic mass is 35.5. The first-order valence-corrected chi connectivity index (χ1v) is 8.14. The van der Waals surface area contributed by atoms with Crippen molar-refractivity contribution in [1.82, 2.24) is 4.90 Å². The summed E-state index contributed by atoms with van der Waals surface area (Å²) in [6, 6.07) is 5.77. The van der Waals surface area contributed by atoms with Crippen LogP contribution in [0.25, 0.3) is 0 Å². The van der Waals surface area contributed by atoms with Crippen molar-refractivity contribution >= 4 is 29.0 Å². The van der Waals surface area contributed by atoms with Gasteiger partial charge in [0, 0.05) is 31.9 Å².